The molecule has 0 spiro atoms. The summed E-state index contributed by atoms with van der Waals surface area (Å²) < 4.78 is 0. The van der Waals surface area contributed by atoms with Crippen molar-refractivity contribution in [3.05, 3.63) is 12.2 Å². The molecule has 1 heteroatoms. The predicted molar refractivity (Wildman–Crippen MR) is 84.1 cm³/mol. The largest absolute Gasteiger partial charge is 0.175 e. The van der Waals surface area contributed by atoms with Gasteiger partial charge in [0.25, 0.3) is 0 Å². The van der Waals surface area contributed by atoms with Gasteiger partial charge in [-0.1, -0.05) is 83.3 Å². The van der Waals surface area contributed by atoms with Crippen LogP contribution in [0, 0.1) is 0 Å². The van der Waals surface area contributed by atoms with Gasteiger partial charge in [-0.05, 0) is 12.8 Å². The van der Waals surface area contributed by atoms with Crippen molar-refractivity contribution in [2.45, 2.75) is 84.0 Å². The van der Waals surface area contributed by atoms with Crippen molar-refractivity contribution in [2.75, 3.05) is 5.75 Å². The fraction of sp³-hybridized carbons (Fsp3) is 0.875. The standard InChI is InChI=1S/C16H32S/c1-2-3-4-5-6-7-8-9-10-11-12-13-14-15-16-17/h14-15,17H,2-13,16H2,1H3. The molecule has 0 heterocycles. The zero-order chi connectivity index (χ0) is 12.6. The first kappa shape index (κ1) is 17.1. The second-order valence-electron chi connectivity index (χ2n) is 4.98. The number of rotatable bonds is 13. The van der Waals surface area contributed by atoms with E-state index in [4.69, 9.17) is 0 Å². The molecule has 0 rings (SSSR count). The van der Waals surface area contributed by atoms with E-state index in [-0.39, 0.29) is 0 Å². The molecular formula is C16H32S. The first-order chi connectivity index (χ1) is 8.41. The first-order valence-electron chi connectivity index (χ1n) is 7.67. The lowest BCUT2D eigenvalue weighted by Gasteiger charge is -2.01. The SMILES string of the molecule is CCCCCCCCCCCCCC=CCS. The highest BCUT2D eigenvalue weighted by molar-refractivity contribution is 7.80. The Morgan fingerprint density at radius 1 is 0.647 bits per heavy atom. The van der Waals surface area contributed by atoms with Crippen LogP contribution in [0.2, 0.25) is 0 Å². The normalized spacial score (nSPS) is 11.4. The lowest BCUT2D eigenvalue weighted by molar-refractivity contribution is 0.550. The highest BCUT2D eigenvalue weighted by Gasteiger charge is 1.92. The molecule has 0 aliphatic heterocycles. The van der Waals surface area contributed by atoms with Crippen molar-refractivity contribution in [3.63, 3.8) is 0 Å². The fourth-order valence-corrected chi connectivity index (χ4v) is 2.27. The van der Waals surface area contributed by atoms with Gasteiger partial charge in [0.1, 0.15) is 0 Å². The van der Waals surface area contributed by atoms with Crippen molar-refractivity contribution in [2.24, 2.45) is 0 Å². The van der Waals surface area contributed by atoms with Crippen LogP contribution in [0.1, 0.15) is 84.0 Å². The first-order valence-corrected chi connectivity index (χ1v) is 8.31. The van der Waals surface area contributed by atoms with Crippen LogP contribution >= 0.6 is 12.6 Å². The van der Waals surface area contributed by atoms with Crippen molar-refractivity contribution in [1.82, 2.24) is 0 Å². The highest BCUT2D eigenvalue weighted by Crippen LogP contribution is 2.11. The van der Waals surface area contributed by atoms with E-state index in [2.05, 4.69) is 31.7 Å². The Kier molecular flexibility index (Phi) is 16.2. The van der Waals surface area contributed by atoms with Gasteiger partial charge < -0.3 is 0 Å². The van der Waals surface area contributed by atoms with Gasteiger partial charge in [0.15, 0.2) is 0 Å². The summed E-state index contributed by atoms with van der Waals surface area (Å²) >= 11 is 4.15. The fourth-order valence-electron chi connectivity index (χ4n) is 2.12. The van der Waals surface area contributed by atoms with Gasteiger partial charge in [0, 0.05) is 5.75 Å². The quantitative estimate of drug-likeness (QED) is 0.227. The summed E-state index contributed by atoms with van der Waals surface area (Å²) in [7, 11) is 0. The molecule has 102 valence electrons. The maximum Gasteiger partial charge on any atom is 0.00825 e. The average Bonchev–Trinajstić information content (AvgIpc) is 2.35. The van der Waals surface area contributed by atoms with Crippen LogP contribution in [0.25, 0.3) is 0 Å². The molecule has 0 unspecified atom stereocenters. The lowest BCUT2D eigenvalue weighted by atomic mass is 10.1. The number of hydrogen-bond donors (Lipinski definition) is 1. The Balaban J connectivity index is 2.91. The van der Waals surface area contributed by atoms with Crippen molar-refractivity contribution < 1.29 is 0 Å². The third-order valence-electron chi connectivity index (χ3n) is 3.25. The van der Waals surface area contributed by atoms with Crippen LogP contribution in [0.15, 0.2) is 12.2 Å². The molecule has 0 saturated heterocycles. The van der Waals surface area contributed by atoms with Gasteiger partial charge in [-0.3, -0.25) is 0 Å². The Morgan fingerprint density at radius 3 is 1.59 bits per heavy atom. The van der Waals surface area contributed by atoms with E-state index in [1.165, 1.54) is 77.0 Å². The van der Waals surface area contributed by atoms with Crippen LogP contribution in [0.3, 0.4) is 0 Å². The third-order valence-corrected chi connectivity index (χ3v) is 3.46. The summed E-state index contributed by atoms with van der Waals surface area (Å²) in [6, 6.07) is 0. The van der Waals surface area contributed by atoms with Crippen LogP contribution < -0.4 is 0 Å². The zero-order valence-electron chi connectivity index (χ0n) is 11.8. The molecule has 0 nitrogen and oxygen atoms in total. The summed E-state index contributed by atoms with van der Waals surface area (Å²) in [5, 5.41) is 0. The average molecular weight is 256 g/mol. The smallest absolute Gasteiger partial charge is 0.00825 e. The Labute approximate surface area is 115 Å². The Bertz CT molecular complexity index is 152. The minimum absolute atomic E-state index is 0.887. The molecule has 0 fully saturated rings. The van der Waals surface area contributed by atoms with Crippen molar-refractivity contribution in [3.8, 4) is 0 Å². The molecule has 0 radical (unpaired) electrons. The van der Waals surface area contributed by atoms with Gasteiger partial charge in [0.05, 0.1) is 0 Å². The summed E-state index contributed by atoms with van der Waals surface area (Å²) in [5.74, 6) is 0.887. The molecule has 17 heavy (non-hydrogen) atoms. The minimum atomic E-state index is 0.887. The van der Waals surface area contributed by atoms with E-state index >= 15 is 0 Å². The molecule has 0 aromatic rings. The molecule has 0 aromatic carbocycles. The summed E-state index contributed by atoms with van der Waals surface area (Å²) in [4.78, 5) is 0. The molecule has 0 atom stereocenters. The number of thiol groups is 1. The zero-order valence-corrected chi connectivity index (χ0v) is 12.7. The predicted octanol–water partition coefficient (Wildman–Crippen LogP) is 6.17. The van der Waals surface area contributed by atoms with E-state index in [0.29, 0.717) is 0 Å². The molecule has 0 bridgehead atoms. The minimum Gasteiger partial charge on any atom is -0.175 e. The monoisotopic (exact) mass is 256 g/mol. The van der Waals surface area contributed by atoms with Gasteiger partial charge in [-0.15, -0.1) is 0 Å². The van der Waals surface area contributed by atoms with Crippen LogP contribution in [0.5, 0.6) is 0 Å². The molecule has 0 amide bonds. The molecule has 0 N–H and O–H groups in total. The van der Waals surface area contributed by atoms with Crippen LogP contribution in [0.4, 0.5) is 0 Å². The number of unbranched alkanes of at least 4 members (excludes halogenated alkanes) is 11. The van der Waals surface area contributed by atoms with Crippen LogP contribution in [-0.2, 0) is 0 Å². The van der Waals surface area contributed by atoms with Gasteiger partial charge >= 0.3 is 0 Å². The van der Waals surface area contributed by atoms with E-state index < -0.39 is 0 Å². The van der Waals surface area contributed by atoms with E-state index in [0.717, 1.165) is 5.75 Å². The van der Waals surface area contributed by atoms with Gasteiger partial charge in [-0.25, -0.2) is 0 Å². The van der Waals surface area contributed by atoms with E-state index in [1.807, 2.05) is 0 Å². The lowest BCUT2D eigenvalue weighted by Crippen LogP contribution is -1.82. The molecule has 0 aromatic heterocycles. The highest BCUT2D eigenvalue weighted by atomic mass is 32.1. The van der Waals surface area contributed by atoms with E-state index in [1.54, 1.807) is 0 Å². The van der Waals surface area contributed by atoms with Gasteiger partial charge in [0.2, 0.25) is 0 Å². The Morgan fingerprint density at radius 2 is 1.12 bits per heavy atom. The number of hydrogen-bond acceptors (Lipinski definition) is 1. The maximum absolute atomic E-state index is 4.15. The molecular weight excluding hydrogens is 224 g/mol. The van der Waals surface area contributed by atoms with Gasteiger partial charge in [-0.2, -0.15) is 12.6 Å². The summed E-state index contributed by atoms with van der Waals surface area (Å²) in [5.41, 5.74) is 0. The second-order valence-corrected chi connectivity index (χ2v) is 5.34. The second kappa shape index (κ2) is 16.1. The topological polar surface area (TPSA) is 0 Å². The van der Waals surface area contributed by atoms with E-state index in [9.17, 15) is 0 Å². The van der Waals surface area contributed by atoms with Crippen molar-refractivity contribution in [1.29, 1.82) is 0 Å². The van der Waals surface area contributed by atoms with Crippen LogP contribution in [-0.4, -0.2) is 5.75 Å². The molecule has 0 aliphatic rings. The molecule has 0 saturated carbocycles. The summed E-state index contributed by atoms with van der Waals surface area (Å²) in [6.07, 6.45) is 21.4. The number of allylic oxidation sites excluding steroid dienone is 1. The maximum atomic E-state index is 4.15. The summed E-state index contributed by atoms with van der Waals surface area (Å²) in [6.45, 7) is 2.28. The third kappa shape index (κ3) is 16.1. The Hall–Kier alpha value is 0.0900. The molecule has 0 aliphatic carbocycles. The van der Waals surface area contributed by atoms with Crippen molar-refractivity contribution >= 4 is 12.6 Å².